The van der Waals surface area contributed by atoms with Gasteiger partial charge in [-0.3, -0.25) is 14.9 Å². The highest BCUT2D eigenvalue weighted by Crippen LogP contribution is 2.19. The number of nitro benzene ring substituents is 1. The largest absolute Gasteiger partial charge is 0.460 e. The van der Waals surface area contributed by atoms with Crippen LogP contribution in [0.5, 0.6) is 0 Å². The molecule has 0 amide bonds. The van der Waals surface area contributed by atoms with Crippen molar-refractivity contribution in [3.05, 3.63) is 39.7 Å². The summed E-state index contributed by atoms with van der Waals surface area (Å²) in [5.41, 5.74) is -1.14. The maximum absolute atomic E-state index is 13.0. The highest BCUT2D eigenvalue weighted by Gasteiger charge is 2.22. The number of nitrogens with zero attached hydrogens (tertiary/aromatic N) is 1. The Bertz CT molecular complexity index is 486. The van der Waals surface area contributed by atoms with Gasteiger partial charge >= 0.3 is 11.7 Å². The number of hydrogen-bond acceptors (Lipinski definition) is 5. The first-order valence-corrected chi connectivity index (χ1v) is 4.62. The predicted molar refractivity (Wildman–Crippen MR) is 54.0 cm³/mol. The molecule has 0 unspecified atom stereocenters. The van der Waals surface area contributed by atoms with Crippen molar-refractivity contribution in [2.24, 2.45) is 0 Å². The summed E-state index contributed by atoms with van der Waals surface area (Å²) >= 11 is 0. The second-order valence-corrected chi connectivity index (χ2v) is 2.97. The molecule has 0 heterocycles. The van der Waals surface area contributed by atoms with Crippen LogP contribution in [0.15, 0.2) is 18.2 Å². The number of carbonyl (C=O) groups is 2. The standard InChI is InChI=1S/C10H8FNO5/c1-2-17-10(14)9(13)6-3-4-7(11)8(5-6)12(15)16/h3-5H,2H2,1H3. The lowest BCUT2D eigenvalue weighted by molar-refractivity contribution is -0.387. The van der Waals surface area contributed by atoms with Gasteiger partial charge in [-0.2, -0.15) is 4.39 Å². The van der Waals surface area contributed by atoms with E-state index in [0.29, 0.717) is 6.07 Å². The van der Waals surface area contributed by atoms with Crippen LogP contribution in [0.1, 0.15) is 17.3 Å². The normalized spacial score (nSPS) is 9.76. The fourth-order valence-electron chi connectivity index (χ4n) is 1.11. The van der Waals surface area contributed by atoms with Crippen LogP contribution in [-0.2, 0) is 9.53 Å². The zero-order valence-electron chi connectivity index (χ0n) is 8.81. The van der Waals surface area contributed by atoms with E-state index in [-0.39, 0.29) is 12.2 Å². The molecular formula is C10H8FNO5. The van der Waals surface area contributed by atoms with Crippen molar-refractivity contribution in [3.8, 4) is 0 Å². The van der Waals surface area contributed by atoms with Gasteiger partial charge in [0.1, 0.15) is 0 Å². The number of ether oxygens (including phenoxy) is 1. The number of ketones is 1. The third-order valence-electron chi connectivity index (χ3n) is 1.87. The van der Waals surface area contributed by atoms with Gasteiger partial charge in [-0.05, 0) is 19.1 Å². The smallest absolute Gasteiger partial charge is 0.379 e. The molecule has 1 rings (SSSR count). The molecule has 0 saturated carbocycles. The van der Waals surface area contributed by atoms with Crippen molar-refractivity contribution in [2.75, 3.05) is 6.61 Å². The van der Waals surface area contributed by atoms with Crippen LogP contribution < -0.4 is 0 Å². The highest BCUT2D eigenvalue weighted by atomic mass is 19.1. The first kappa shape index (κ1) is 12.8. The van der Waals surface area contributed by atoms with Crippen LogP contribution in [0.25, 0.3) is 0 Å². The van der Waals surface area contributed by atoms with E-state index >= 15 is 0 Å². The molecule has 0 radical (unpaired) electrons. The molecular weight excluding hydrogens is 233 g/mol. The van der Waals surface area contributed by atoms with E-state index in [0.717, 1.165) is 12.1 Å². The minimum Gasteiger partial charge on any atom is -0.460 e. The fourth-order valence-corrected chi connectivity index (χ4v) is 1.11. The van der Waals surface area contributed by atoms with Gasteiger partial charge in [-0.15, -0.1) is 0 Å². The summed E-state index contributed by atoms with van der Waals surface area (Å²) in [4.78, 5) is 31.9. The number of Topliss-reactive ketones (excluding diaryl/α,β-unsaturated/α-hetero) is 1. The lowest BCUT2D eigenvalue weighted by Gasteiger charge is -2.01. The minimum atomic E-state index is -1.13. The maximum Gasteiger partial charge on any atom is 0.379 e. The first-order chi connectivity index (χ1) is 7.97. The lowest BCUT2D eigenvalue weighted by Crippen LogP contribution is -2.17. The molecule has 0 spiro atoms. The molecule has 6 nitrogen and oxygen atoms in total. The number of hydrogen-bond donors (Lipinski definition) is 0. The zero-order chi connectivity index (χ0) is 13.0. The Kier molecular flexibility index (Phi) is 3.86. The highest BCUT2D eigenvalue weighted by molar-refractivity contribution is 6.40. The molecule has 1 aromatic carbocycles. The quantitative estimate of drug-likeness (QED) is 0.262. The summed E-state index contributed by atoms with van der Waals surface area (Å²) < 4.78 is 17.4. The molecule has 0 fully saturated rings. The fraction of sp³-hybridized carbons (Fsp3) is 0.200. The van der Waals surface area contributed by atoms with E-state index in [1.54, 1.807) is 0 Å². The topological polar surface area (TPSA) is 86.5 Å². The van der Waals surface area contributed by atoms with Gasteiger partial charge in [0.15, 0.2) is 0 Å². The van der Waals surface area contributed by atoms with Gasteiger partial charge in [0.05, 0.1) is 11.5 Å². The van der Waals surface area contributed by atoms with Gasteiger partial charge < -0.3 is 4.74 Å². The van der Waals surface area contributed by atoms with Crippen LogP contribution >= 0.6 is 0 Å². The van der Waals surface area contributed by atoms with Crippen molar-refractivity contribution in [2.45, 2.75) is 6.92 Å². The Morgan fingerprint density at radius 2 is 2.12 bits per heavy atom. The third-order valence-corrected chi connectivity index (χ3v) is 1.87. The number of esters is 1. The average molecular weight is 241 g/mol. The third kappa shape index (κ3) is 2.83. The van der Waals surface area contributed by atoms with E-state index in [1.807, 2.05) is 0 Å². The van der Waals surface area contributed by atoms with Crippen LogP contribution in [0, 0.1) is 15.9 Å². The van der Waals surface area contributed by atoms with E-state index in [9.17, 15) is 24.1 Å². The summed E-state index contributed by atoms with van der Waals surface area (Å²) in [6.07, 6.45) is 0. The summed E-state index contributed by atoms with van der Waals surface area (Å²) in [6.45, 7) is 1.52. The van der Waals surface area contributed by atoms with E-state index in [1.165, 1.54) is 6.92 Å². The second-order valence-electron chi connectivity index (χ2n) is 2.97. The van der Waals surface area contributed by atoms with Gasteiger partial charge in [0, 0.05) is 11.6 Å². The number of benzene rings is 1. The summed E-state index contributed by atoms with van der Waals surface area (Å²) in [7, 11) is 0. The Morgan fingerprint density at radius 3 is 2.65 bits per heavy atom. The van der Waals surface area contributed by atoms with Crippen molar-refractivity contribution >= 4 is 17.4 Å². The minimum absolute atomic E-state index is 0.00780. The van der Waals surface area contributed by atoms with Gasteiger partial charge in [-0.25, -0.2) is 4.79 Å². The zero-order valence-corrected chi connectivity index (χ0v) is 8.81. The van der Waals surface area contributed by atoms with Crippen molar-refractivity contribution in [3.63, 3.8) is 0 Å². The Balaban J connectivity index is 3.08. The summed E-state index contributed by atoms with van der Waals surface area (Å²) in [5.74, 6) is -3.25. The molecule has 0 saturated heterocycles. The molecule has 0 aliphatic rings. The molecule has 17 heavy (non-hydrogen) atoms. The molecule has 7 heteroatoms. The van der Waals surface area contributed by atoms with Crippen molar-refractivity contribution < 1.29 is 23.6 Å². The number of halogens is 1. The second kappa shape index (κ2) is 5.15. The van der Waals surface area contributed by atoms with Crippen LogP contribution in [0.4, 0.5) is 10.1 Å². The van der Waals surface area contributed by atoms with Gasteiger partial charge in [-0.1, -0.05) is 0 Å². The number of nitro groups is 1. The predicted octanol–water partition coefficient (Wildman–Crippen LogP) is 1.48. The Hall–Kier alpha value is -2.31. The molecule has 0 aliphatic heterocycles. The molecule has 0 aromatic heterocycles. The van der Waals surface area contributed by atoms with E-state index in [2.05, 4.69) is 4.74 Å². The first-order valence-electron chi connectivity index (χ1n) is 4.62. The van der Waals surface area contributed by atoms with Gasteiger partial charge in [0.2, 0.25) is 5.82 Å². The monoisotopic (exact) mass is 241 g/mol. The summed E-state index contributed by atoms with van der Waals surface area (Å²) in [5, 5.41) is 10.4. The molecule has 0 aliphatic carbocycles. The molecule has 0 bridgehead atoms. The van der Waals surface area contributed by atoms with Gasteiger partial charge in [0.25, 0.3) is 5.78 Å². The van der Waals surface area contributed by atoms with E-state index in [4.69, 9.17) is 0 Å². The molecule has 1 aromatic rings. The summed E-state index contributed by atoms with van der Waals surface area (Å²) in [6, 6.07) is 2.45. The van der Waals surface area contributed by atoms with Crippen LogP contribution in [0.2, 0.25) is 0 Å². The average Bonchev–Trinajstić information content (AvgIpc) is 2.28. The lowest BCUT2D eigenvalue weighted by atomic mass is 10.1. The SMILES string of the molecule is CCOC(=O)C(=O)c1ccc(F)c([N+](=O)[O-])c1. The maximum atomic E-state index is 13.0. The van der Waals surface area contributed by atoms with Crippen LogP contribution in [0.3, 0.4) is 0 Å². The van der Waals surface area contributed by atoms with E-state index < -0.39 is 28.2 Å². The molecule has 0 N–H and O–H groups in total. The Labute approximate surface area is 95.1 Å². The van der Waals surface area contributed by atoms with Crippen molar-refractivity contribution in [1.82, 2.24) is 0 Å². The van der Waals surface area contributed by atoms with Crippen molar-refractivity contribution in [1.29, 1.82) is 0 Å². The number of rotatable bonds is 4. The molecule has 0 atom stereocenters. The Morgan fingerprint density at radius 1 is 1.47 bits per heavy atom. The molecule has 90 valence electrons. The van der Waals surface area contributed by atoms with Crippen LogP contribution in [-0.4, -0.2) is 23.3 Å². The number of carbonyl (C=O) groups excluding carboxylic acids is 2.